The fraction of sp³-hybridized carbons (Fsp3) is 0.0556. The van der Waals surface area contributed by atoms with Gasteiger partial charge < -0.3 is 9.84 Å². The smallest absolute Gasteiger partial charge is 0.341 e. The van der Waals surface area contributed by atoms with Crippen LogP contribution in [0, 0.1) is 0 Å². The molecular formula is C18H15N3O3. The highest BCUT2D eigenvalue weighted by Gasteiger charge is 2.04. The number of hydrogen-bond acceptors (Lipinski definition) is 5. The van der Waals surface area contributed by atoms with E-state index >= 15 is 0 Å². The Morgan fingerprint density at radius 1 is 1.17 bits per heavy atom. The first-order chi connectivity index (χ1) is 11.7. The molecule has 0 aliphatic rings. The number of fused-ring (bicyclic) bond motifs is 1. The molecule has 0 unspecified atom stereocenters. The number of carbonyl (C=O) groups is 1. The van der Waals surface area contributed by atoms with Crippen molar-refractivity contribution in [3.8, 4) is 5.75 Å². The molecule has 120 valence electrons. The number of nitrogens with zero attached hydrogens (tertiary/aromatic N) is 2. The van der Waals surface area contributed by atoms with E-state index in [1.807, 2.05) is 36.4 Å². The summed E-state index contributed by atoms with van der Waals surface area (Å²) in [5, 5.41) is 13.9. The SMILES string of the molecule is O=C(O)COc1ccccc1C=NNc1cccc2cccnc12. The molecule has 2 N–H and O–H groups in total. The van der Waals surface area contributed by atoms with Crippen LogP contribution in [-0.4, -0.2) is 28.9 Å². The maximum absolute atomic E-state index is 10.6. The Kier molecular flexibility index (Phi) is 4.67. The van der Waals surface area contributed by atoms with Gasteiger partial charge in [-0.3, -0.25) is 10.4 Å². The van der Waals surface area contributed by atoms with Crippen molar-refractivity contribution in [1.29, 1.82) is 0 Å². The molecular weight excluding hydrogens is 306 g/mol. The van der Waals surface area contributed by atoms with Crippen molar-refractivity contribution in [2.75, 3.05) is 12.0 Å². The van der Waals surface area contributed by atoms with E-state index in [0.717, 1.165) is 16.6 Å². The van der Waals surface area contributed by atoms with Gasteiger partial charge in [0, 0.05) is 17.1 Å². The molecule has 3 rings (SSSR count). The van der Waals surface area contributed by atoms with Crippen LogP contribution in [0.5, 0.6) is 5.75 Å². The molecule has 0 fully saturated rings. The third kappa shape index (κ3) is 3.67. The highest BCUT2D eigenvalue weighted by atomic mass is 16.5. The standard InChI is InChI=1S/C18H15N3O3/c22-17(23)12-24-16-9-2-1-5-14(16)11-20-21-15-8-3-6-13-7-4-10-19-18(13)15/h1-11,21H,12H2,(H,22,23). The van der Waals surface area contributed by atoms with E-state index in [-0.39, 0.29) is 0 Å². The quantitative estimate of drug-likeness (QED) is 0.538. The van der Waals surface area contributed by atoms with Crippen LogP contribution >= 0.6 is 0 Å². The Labute approximate surface area is 138 Å². The molecule has 0 aliphatic heterocycles. The largest absolute Gasteiger partial charge is 0.481 e. The number of aromatic nitrogens is 1. The van der Waals surface area contributed by atoms with Crippen LogP contribution in [0.3, 0.4) is 0 Å². The number of anilines is 1. The van der Waals surface area contributed by atoms with E-state index in [9.17, 15) is 4.79 Å². The predicted molar refractivity (Wildman–Crippen MR) is 92.5 cm³/mol. The third-order valence-corrected chi connectivity index (χ3v) is 3.29. The summed E-state index contributed by atoms with van der Waals surface area (Å²) in [4.78, 5) is 15.0. The summed E-state index contributed by atoms with van der Waals surface area (Å²) < 4.78 is 5.24. The maximum atomic E-state index is 10.6. The molecule has 0 spiro atoms. The van der Waals surface area contributed by atoms with Crippen LogP contribution in [0.2, 0.25) is 0 Å². The molecule has 0 saturated carbocycles. The second kappa shape index (κ2) is 7.23. The first-order valence-corrected chi connectivity index (χ1v) is 7.30. The van der Waals surface area contributed by atoms with E-state index in [0.29, 0.717) is 11.3 Å². The lowest BCUT2D eigenvalue weighted by molar-refractivity contribution is -0.139. The molecule has 24 heavy (non-hydrogen) atoms. The summed E-state index contributed by atoms with van der Waals surface area (Å²) in [5.41, 5.74) is 5.26. The molecule has 6 nitrogen and oxygen atoms in total. The zero-order valence-electron chi connectivity index (χ0n) is 12.7. The Balaban J connectivity index is 1.78. The molecule has 2 aromatic carbocycles. The van der Waals surface area contributed by atoms with Gasteiger partial charge in [0.2, 0.25) is 0 Å². The molecule has 0 atom stereocenters. The number of hydrogen-bond donors (Lipinski definition) is 2. The lowest BCUT2D eigenvalue weighted by Crippen LogP contribution is -2.10. The lowest BCUT2D eigenvalue weighted by atomic mass is 10.2. The molecule has 0 aliphatic carbocycles. The minimum atomic E-state index is -1.03. The third-order valence-electron chi connectivity index (χ3n) is 3.29. The number of nitrogens with one attached hydrogen (secondary N) is 1. The average Bonchev–Trinajstić information content (AvgIpc) is 2.61. The highest BCUT2D eigenvalue weighted by molar-refractivity contribution is 5.91. The van der Waals surface area contributed by atoms with Gasteiger partial charge in [-0.05, 0) is 24.3 Å². The van der Waals surface area contributed by atoms with Crippen LogP contribution in [0.1, 0.15) is 5.56 Å². The van der Waals surface area contributed by atoms with Gasteiger partial charge in [0.05, 0.1) is 17.4 Å². The van der Waals surface area contributed by atoms with Gasteiger partial charge in [-0.1, -0.05) is 30.3 Å². The van der Waals surface area contributed by atoms with Crippen LogP contribution in [-0.2, 0) is 4.79 Å². The van der Waals surface area contributed by atoms with E-state index in [2.05, 4.69) is 15.5 Å². The summed E-state index contributed by atoms with van der Waals surface area (Å²) in [5.74, 6) is -0.566. The van der Waals surface area contributed by atoms with Crippen LogP contribution < -0.4 is 10.2 Å². The molecule has 6 heteroatoms. The monoisotopic (exact) mass is 321 g/mol. The average molecular weight is 321 g/mol. The van der Waals surface area contributed by atoms with E-state index in [1.165, 1.54) is 0 Å². The summed E-state index contributed by atoms with van der Waals surface area (Å²) in [6.07, 6.45) is 3.31. The van der Waals surface area contributed by atoms with Gasteiger partial charge in [-0.2, -0.15) is 5.10 Å². The minimum absolute atomic E-state index is 0.397. The van der Waals surface area contributed by atoms with Crippen molar-refractivity contribution in [2.24, 2.45) is 5.10 Å². The number of pyridine rings is 1. The number of benzene rings is 2. The predicted octanol–water partition coefficient (Wildman–Crippen LogP) is 3.14. The molecule has 0 radical (unpaired) electrons. The van der Waals surface area contributed by atoms with E-state index < -0.39 is 12.6 Å². The number of carboxylic acid groups (broad SMARTS) is 1. The van der Waals surface area contributed by atoms with Crippen molar-refractivity contribution in [2.45, 2.75) is 0 Å². The number of aliphatic carboxylic acids is 1. The fourth-order valence-corrected chi connectivity index (χ4v) is 2.22. The molecule has 1 aromatic heterocycles. The number of para-hydroxylation sites is 2. The van der Waals surface area contributed by atoms with Gasteiger partial charge in [0.25, 0.3) is 0 Å². The lowest BCUT2D eigenvalue weighted by Gasteiger charge is -2.07. The van der Waals surface area contributed by atoms with Crippen molar-refractivity contribution >= 4 is 28.8 Å². The highest BCUT2D eigenvalue weighted by Crippen LogP contribution is 2.21. The van der Waals surface area contributed by atoms with Crippen molar-refractivity contribution in [3.05, 3.63) is 66.4 Å². The zero-order valence-corrected chi connectivity index (χ0v) is 12.7. The summed E-state index contributed by atoms with van der Waals surface area (Å²) in [6, 6.07) is 16.7. The minimum Gasteiger partial charge on any atom is -0.481 e. The van der Waals surface area contributed by atoms with Gasteiger partial charge in [-0.25, -0.2) is 4.79 Å². The first-order valence-electron chi connectivity index (χ1n) is 7.30. The van der Waals surface area contributed by atoms with Gasteiger partial charge in [0.15, 0.2) is 6.61 Å². The van der Waals surface area contributed by atoms with Crippen molar-refractivity contribution < 1.29 is 14.6 Å². The zero-order chi connectivity index (χ0) is 16.8. The number of carboxylic acids is 1. The Morgan fingerprint density at radius 2 is 2.00 bits per heavy atom. The van der Waals surface area contributed by atoms with Gasteiger partial charge in [0.1, 0.15) is 5.75 Å². The summed E-state index contributed by atoms with van der Waals surface area (Å²) >= 11 is 0. The number of rotatable bonds is 6. The Bertz CT molecular complexity index is 888. The second-order valence-electron chi connectivity index (χ2n) is 4.97. The van der Waals surface area contributed by atoms with E-state index in [1.54, 1.807) is 30.6 Å². The maximum Gasteiger partial charge on any atom is 0.341 e. The molecule has 0 amide bonds. The van der Waals surface area contributed by atoms with Crippen molar-refractivity contribution in [1.82, 2.24) is 4.98 Å². The number of hydrazone groups is 1. The summed E-state index contributed by atoms with van der Waals surface area (Å²) in [6.45, 7) is -0.397. The first kappa shape index (κ1) is 15.5. The van der Waals surface area contributed by atoms with Gasteiger partial charge >= 0.3 is 5.97 Å². The summed E-state index contributed by atoms with van der Waals surface area (Å²) in [7, 11) is 0. The molecule has 0 bridgehead atoms. The van der Waals surface area contributed by atoms with E-state index in [4.69, 9.17) is 9.84 Å². The van der Waals surface area contributed by atoms with Crippen molar-refractivity contribution in [3.63, 3.8) is 0 Å². The normalized spacial score (nSPS) is 10.8. The molecule has 1 heterocycles. The topological polar surface area (TPSA) is 83.8 Å². The fourth-order valence-electron chi connectivity index (χ4n) is 2.22. The second-order valence-corrected chi connectivity index (χ2v) is 4.97. The molecule has 0 saturated heterocycles. The van der Waals surface area contributed by atoms with Gasteiger partial charge in [-0.15, -0.1) is 0 Å². The van der Waals surface area contributed by atoms with Crippen LogP contribution in [0.4, 0.5) is 5.69 Å². The Morgan fingerprint density at radius 3 is 2.88 bits per heavy atom. The number of ether oxygens (including phenoxy) is 1. The van der Waals surface area contributed by atoms with Crippen LogP contribution in [0.25, 0.3) is 10.9 Å². The molecule has 3 aromatic rings. The van der Waals surface area contributed by atoms with Crippen LogP contribution in [0.15, 0.2) is 65.9 Å². The Hall–Kier alpha value is -3.41.